The van der Waals surface area contributed by atoms with Crippen LogP contribution < -0.4 is 4.90 Å². The first-order valence-electron chi connectivity index (χ1n) is 5.95. The molecule has 1 aliphatic rings. The third-order valence-corrected chi connectivity index (χ3v) is 3.74. The van der Waals surface area contributed by atoms with E-state index in [1.165, 1.54) is 30.5 Å². The van der Waals surface area contributed by atoms with Crippen molar-refractivity contribution in [3.05, 3.63) is 28.2 Å². The Bertz CT molecular complexity index is 348. The Morgan fingerprint density at radius 3 is 2.56 bits per heavy atom. The Labute approximate surface area is 105 Å². The molecule has 2 nitrogen and oxygen atoms in total. The standard InChI is InChI=1S/C13H18BrNO/c14-12-10-11(6-9-16)4-5-13(12)15-7-2-1-3-8-15/h4-5,10,16H,1-3,6-9H2. The Morgan fingerprint density at radius 1 is 1.19 bits per heavy atom. The molecule has 0 spiro atoms. The van der Waals surface area contributed by atoms with Crippen molar-refractivity contribution in [1.82, 2.24) is 0 Å². The van der Waals surface area contributed by atoms with Crippen molar-refractivity contribution < 1.29 is 5.11 Å². The van der Waals surface area contributed by atoms with Crippen molar-refractivity contribution in [3.63, 3.8) is 0 Å². The van der Waals surface area contributed by atoms with Crippen LogP contribution in [0.4, 0.5) is 5.69 Å². The van der Waals surface area contributed by atoms with Crippen LogP contribution in [0.25, 0.3) is 0 Å². The van der Waals surface area contributed by atoms with Gasteiger partial charge in [0.25, 0.3) is 0 Å². The summed E-state index contributed by atoms with van der Waals surface area (Å²) in [5.41, 5.74) is 2.48. The highest BCUT2D eigenvalue weighted by atomic mass is 79.9. The SMILES string of the molecule is OCCc1ccc(N2CCCCC2)c(Br)c1. The Hall–Kier alpha value is -0.540. The Kier molecular flexibility index (Phi) is 4.24. The van der Waals surface area contributed by atoms with Crippen molar-refractivity contribution in [2.45, 2.75) is 25.7 Å². The summed E-state index contributed by atoms with van der Waals surface area (Å²) in [5.74, 6) is 0. The van der Waals surface area contributed by atoms with E-state index in [1.54, 1.807) is 0 Å². The molecular formula is C13H18BrNO. The number of anilines is 1. The number of benzene rings is 1. The van der Waals surface area contributed by atoms with E-state index in [4.69, 9.17) is 5.11 Å². The lowest BCUT2D eigenvalue weighted by molar-refractivity contribution is 0.299. The summed E-state index contributed by atoms with van der Waals surface area (Å²) < 4.78 is 1.15. The third-order valence-electron chi connectivity index (χ3n) is 3.11. The molecule has 1 heterocycles. The van der Waals surface area contributed by atoms with Gasteiger partial charge in [0.15, 0.2) is 0 Å². The van der Waals surface area contributed by atoms with Gasteiger partial charge in [0.1, 0.15) is 0 Å². The zero-order chi connectivity index (χ0) is 11.4. The number of hydrogen-bond acceptors (Lipinski definition) is 2. The van der Waals surface area contributed by atoms with Gasteiger partial charge in [-0.3, -0.25) is 0 Å². The van der Waals surface area contributed by atoms with Crippen LogP contribution in [0.5, 0.6) is 0 Å². The van der Waals surface area contributed by atoms with Gasteiger partial charge >= 0.3 is 0 Å². The minimum Gasteiger partial charge on any atom is -0.396 e. The Balaban J connectivity index is 2.14. The lowest BCUT2D eigenvalue weighted by Gasteiger charge is -2.29. The molecule has 1 aliphatic heterocycles. The van der Waals surface area contributed by atoms with Crippen molar-refractivity contribution in [3.8, 4) is 0 Å². The second kappa shape index (κ2) is 5.69. The molecule has 1 fully saturated rings. The smallest absolute Gasteiger partial charge is 0.0510 e. The number of rotatable bonds is 3. The maximum atomic E-state index is 8.90. The number of nitrogens with zero attached hydrogens (tertiary/aromatic N) is 1. The average Bonchev–Trinajstić information content (AvgIpc) is 2.31. The van der Waals surface area contributed by atoms with Gasteiger partial charge in [-0.2, -0.15) is 0 Å². The first kappa shape index (κ1) is 11.9. The number of hydrogen-bond donors (Lipinski definition) is 1. The largest absolute Gasteiger partial charge is 0.396 e. The first-order valence-corrected chi connectivity index (χ1v) is 6.75. The van der Waals surface area contributed by atoms with Gasteiger partial charge in [-0.25, -0.2) is 0 Å². The molecular weight excluding hydrogens is 266 g/mol. The molecule has 0 amide bonds. The van der Waals surface area contributed by atoms with Gasteiger partial charge in [-0.15, -0.1) is 0 Å². The molecule has 0 saturated carbocycles. The van der Waals surface area contributed by atoms with Crippen LogP contribution in [0.3, 0.4) is 0 Å². The van der Waals surface area contributed by atoms with Crippen LogP contribution >= 0.6 is 15.9 Å². The molecule has 16 heavy (non-hydrogen) atoms. The van der Waals surface area contributed by atoms with Crippen LogP contribution in [0, 0.1) is 0 Å². The van der Waals surface area contributed by atoms with E-state index < -0.39 is 0 Å². The second-order valence-corrected chi connectivity index (χ2v) is 5.16. The minimum absolute atomic E-state index is 0.218. The molecule has 1 aromatic rings. The summed E-state index contributed by atoms with van der Waals surface area (Å²) in [7, 11) is 0. The van der Waals surface area contributed by atoms with Gasteiger partial charge in [0, 0.05) is 24.2 Å². The quantitative estimate of drug-likeness (QED) is 0.922. The molecule has 0 aliphatic carbocycles. The molecule has 0 bridgehead atoms. The average molecular weight is 284 g/mol. The van der Waals surface area contributed by atoms with Crippen LogP contribution in [0.15, 0.2) is 22.7 Å². The van der Waals surface area contributed by atoms with Crippen LogP contribution in [-0.4, -0.2) is 24.8 Å². The van der Waals surface area contributed by atoms with Gasteiger partial charge in [-0.05, 0) is 59.3 Å². The summed E-state index contributed by atoms with van der Waals surface area (Å²) in [6, 6.07) is 6.41. The van der Waals surface area contributed by atoms with E-state index in [2.05, 4.69) is 39.0 Å². The lowest BCUT2D eigenvalue weighted by atomic mass is 10.1. The number of piperidine rings is 1. The summed E-state index contributed by atoms with van der Waals surface area (Å²) in [6.07, 6.45) is 4.69. The summed E-state index contributed by atoms with van der Waals surface area (Å²) in [4.78, 5) is 2.44. The van der Waals surface area contributed by atoms with E-state index >= 15 is 0 Å². The number of halogens is 1. The molecule has 1 N–H and O–H groups in total. The maximum absolute atomic E-state index is 8.90. The molecule has 0 unspecified atom stereocenters. The van der Waals surface area contributed by atoms with Crippen molar-refractivity contribution >= 4 is 21.6 Å². The van der Waals surface area contributed by atoms with Crippen molar-refractivity contribution in [2.75, 3.05) is 24.6 Å². The van der Waals surface area contributed by atoms with Gasteiger partial charge < -0.3 is 10.0 Å². The molecule has 0 radical (unpaired) electrons. The second-order valence-electron chi connectivity index (χ2n) is 4.31. The van der Waals surface area contributed by atoms with E-state index in [0.717, 1.165) is 24.0 Å². The summed E-state index contributed by atoms with van der Waals surface area (Å²) >= 11 is 3.63. The summed E-state index contributed by atoms with van der Waals surface area (Å²) in [6.45, 7) is 2.55. The molecule has 0 aromatic heterocycles. The molecule has 3 heteroatoms. The predicted molar refractivity (Wildman–Crippen MR) is 71.0 cm³/mol. The van der Waals surface area contributed by atoms with Gasteiger partial charge in [-0.1, -0.05) is 6.07 Å². The van der Waals surface area contributed by atoms with Crippen LogP contribution in [0.2, 0.25) is 0 Å². The molecule has 2 rings (SSSR count). The number of aliphatic hydroxyl groups is 1. The van der Waals surface area contributed by atoms with E-state index in [0.29, 0.717) is 0 Å². The monoisotopic (exact) mass is 283 g/mol. The van der Waals surface area contributed by atoms with Gasteiger partial charge in [0.2, 0.25) is 0 Å². The molecule has 88 valence electrons. The van der Waals surface area contributed by atoms with Crippen molar-refractivity contribution in [1.29, 1.82) is 0 Å². The fourth-order valence-electron chi connectivity index (χ4n) is 2.23. The van der Waals surface area contributed by atoms with Crippen LogP contribution in [0.1, 0.15) is 24.8 Å². The highest BCUT2D eigenvalue weighted by Crippen LogP contribution is 2.29. The fraction of sp³-hybridized carbons (Fsp3) is 0.538. The first-order chi connectivity index (χ1) is 7.81. The highest BCUT2D eigenvalue weighted by Gasteiger charge is 2.13. The van der Waals surface area contributed by atoms with E-state index in [9.17, 15) is 0 Å². The summed E-state index contributed by atoms with van der Waals surface area (Å²) in [5, 5.41) is 8.90. The van der Waals surface area contributed by atoms with Crippen LogP contribution in [-0.2, 0) is 6.42 Å². The molecule has 1 saturated heterocycles. The predicted octanol–water partition coefficient (Wildman–Crippen LogP) is 2.97. The normalized spacial score (nSPS) is 16.5. The third kappa shape index (κ3) is 2.77. The molecule has 0 atom stereocenters. The van der Waals surface area contributed by atoms with Crippen molar-refractivity contribution in [2.24, 2.45) is 0 Å². The van der Waals surface area contributed by atoms with Gasteiger partial charge in [0.05, 0.1) is 5.69 Å². The topological polar surface area (TPSA) is 23.5 Å². The maximum Gasteiger partial charge on any atom is 0.0510 e. The Morgan fingerprint density at radius 2 is 1.94 bits per heavy atom. The zero-order valence-corrected chi connectivity index (χ0v) is 11.0. The fourth-order valence-corrected chi connectivity index (χ4v) is 2.90. The zero-order valence-electron chi connectivity index (χ0n) is 9.45. The minimum atomic E-state index is 0.218. The lowest BCUT2D eigenvalue weighted by Crippen LogP contribution is -2.29. The highest BCUT2D eigenvalue weighted by molar-refractivity contribution is 9.10. The van der Waals surface area contributed by atoms with E-state index in [-0.39, 0.29) is 6.61 Å². The molecule has 1 aromatic carbocycles. The number of aliphatic hydroxyl groups excluding tert-OH is 1. The van der Waals surface area contributed by atoms with E-state index in [1.807, 2.05) is 0 Å².